The van der Waals surface area contributed by atoms with E-state index < -0.39 is 0 Å². The van der Waals surface area contributed by atoms with Crippen molar-refractivity contribution < 1.29 is 4.79 Å². The standard InChI is InChI=1S/C12H20O/c1-10(13)12(8-5-9-12)11-6-3-2-4-7-11/h11H,2-9H2,1H3. The molecule has 0 unspecified atom stereocenters. The van der Waals surface area contributed by atoms with E-state index in [1.54, 1.807) is 0 Å². The number of carbonyl (C=O) groups is 1. The molecule has 0 heterocycles. The quantitative estimate of drug-likeness (QED) is 0.637. The highest BCUT2D eigenvalue weighted by molar-refractivity contribution is 5.83. The minimum Gasteiger partial charge on any atom is -0.299 e. The lowest BCUT2D eigenvalue weighted by atomic mass is 9.56. The van der Waals surface area contributed by atoms with Crippen molar-refractivity contribution in [3.63, 3.8) is 0 Å². The SMILES string of the molecule is CC(=O)C1(C2CCCCC2)CCC1. The summed E-state index contributed by atoms with van der Waals surface area (Å²) in [6.45, 7) is 1.81. The number of ketones is 1. The van der Waals surface area contributed by atoms with Crippen LogP contribution < -0.4 is 0 Å². The first kappa shape index (κ1) is 9.23. The molecule has 2 rings (SSSR count). The third-order valence-corrected chi connectivity index (χ3v) is 4.33. The van der Waals surface area contributed by atoms with Crippen LogP contribution in [0.25, 0.3) is 0 Å². The molecular formula is C12H20O. The summed E-state index contributed by atoms with van der Waals surface area (Å²) in [6.07, 6.45) is 10.4. The zero-order valence-electron chi connectivity index (χ0n) is 8.64. The molecule has 2 aliphatic carbocycles. The Hall–Kier alpha value is -0.330. The monoisotopic (exact) mass is 180 g/mol. The van der Waals surface area contributed by atoms with Crippen molar-refractivity contribution >= 4 is 5.78 Å². The third kappa shape index (κ3) is 1.43. The summed E-state index contributed by atoms with van der Waals surface area (Å²) < 4.78 is 0. The van der Waals surface area contributed by atoms with Gasteiger partial charge >= 0.3 is 0 Å². The van der Waals surface area contributed by atoms with Crippen LogP contribution in [0.4, 0.5) is 0 Å². The maximum Gasteiger partial charge on any atom is 0.136 e. The fourth-order valence-corrected chi connectivity index (χ4v) is 3.26. The van der Waals surface area contributed by atoms with E-state index in [0.717, 1.165) is 5.92 Å². The van der Waals surface area contributed by atoms with Crippen LogP contribution in [0.3, 0.4) is 0 Å². The predicted octanol–water partition coefficient (Wildman–Crippen LogP) is 3.33. The summed E-state index contributed by atoms with van der Waals surface area (Å²) >= 11 is 0. The van der Waals surface area contributed by atoms with E-state index in [4.69, 9.17) is 0 Å². The highest BCUT2D eigenvalue weighted by Crippen LogP contribution is 2.52. The van der Waals surface area contributed by atoms with Gasteiger partial charge in [-0.05, 0) is 38.5 Å². The molecule has 0 radical (unpaired) electrons. The van der Waals surface area contributed by atoms with Crippen LogP contribution >= 0.6 is 0 Å². The van der Waals surface area contributed by atoms with E-state index in [-0.39, 0.29) is 5.41 Å². The Morgan fingerprint density at radius 3 is 2.08 bits per heavy atom. The van der Waals surface area contributed by atoms with Gasteiger partial charge in [0.25, 0.3) is 0 Å². The Balaban J connectivity index is 2.06. The summed E-state index contributed by atoms with van der Waals surface area (Å²) in [4.78, 5) is 11.6. The van der Waals surface area contributed by atoms with Crippen LogP contribution in [0.5, 0.6) is 0 Å². The number of carbonyl (C=O) groups excluding carboxylic acids is 1. The summed E-state index contributed by atoms with van der Waals surface area (Å²) in [7, 11) is 0. The first-order chi connectivity index (χ1) is 6.26. The maximum absolute atomic E-state index is 11.6. The summed E-state index contributed by atoms with van der Waals surface area (Å²) in [5.41, 5.74) is 0.153. The minimum absolute atomic E-state index is 0.153. The van der Waals surface area contributed by atoms with Crippen LogP contribution in [0.2, 0.25) is 0 Å². The van der Waals surface area contributed by atoms with Gasteiger partial charge in [-0.1, -0.05) is 25.7 Å². The van der Waals surface area contributed by atoms with Crippen molar-refractivity contribution in [1.29, 1.82) is 0 Å². The molecule has 0 aromatic heterocycles. The molecule has 1 heteroatoms. The number of rotatable bonds is 2. The molecule has 0 spiro atoms. The van der Waals surface area contributed by atoms with E-state index in [1.165, 1.54) is 51.4 Å². The van der Waals surface area contributed by atoms with E-state index >= 15 is 0 Å². The second kappa shape index (κ2) is 3.43. The van der Waals surface area contributed by atoms with Gasteiger partial charge in [0.15, 0.2) is 0 Å². The molecule has 2 saturated carbocycles. The van der Waals surface area contributed by atoms with Gasteiger partial charge in [-0.3, -0.25) is 4.79 Å². The molecule has 1 nitrogen and oxygen atoms in total. The highest BCUT2D eigenvalue weighted by Gasteiger charge is 2.47. The van der Waals surface area contributed by atoms with Crippen LogP contribution in [-0.4, -0.2) is 5.78 Å². The molecule has 0 aromatic carbocycles. The second-order valence-corrected chi connectivity index (χ2v) is 4.90. The Kier molecular flexibility index (Phi) is 2.44. The topological polar surface area (TPSA) is 17.1 Å². The zero-order valence-corrected chi connectivity index (χ0v) is 8.64. The van der Waals surface area contributed by atoms with E-state index in [1.807, 2.05) is 6.92 Å². The zero-order chi connectivity index (χ0) is 9.31. The van der Waals surface area contributed by atoms with Crippen molar-refractivity contribution in [2.75, 3.05) is 0 Å². The molecule has 2 aliphatic rings. The van der Waals surface area contributed by atoms with Crippen molar-refractivity contribution in [2.45, 2.75) is 58.3 Å². The van der Waals surface area contributed by atoms with Gasteiger partial charge in [-0.25, -0.2) is 0 Å². The normalized spacial score (nSPS) is 28.1. The van der Waals surface area contributed by atoms with Crippen molar-refractivity contribution in [3.8, 4) is 0 Å². The number of hydrogen-bond acceptors (Lipinski definition) is 1. The van der Waals surface area contributed by atoms with Crippen molar-refractivity contribution in [1.82, 2.24) is 0 Å². The highest BCUT2D eigenvalue weighted by atomic mass is 16.1. The molecule has 0 bridgehead atoms. The molecule has 2 fully saturated rings. The molecule has 0 aromatic rings. The van der Waals surface area contributed by atoms with Gasteiger partial charge in [0.2, 0.25) is 0 Å². The molecule has 13 heavy (non-hydrogen) atoms. The lowest BCUT2D eigenvalue weighted by molar-refractivity contribution is -0.137. The maximum atomic E-state index is 11.6. The lowest BCUT2D eigenvalue weighted by Gasteiger charge is -2.47. The molecule has 0 N–H and O–H groups in total. The van der Waals surface area contributed by atoms with Crippen molar-refractivity contribution in [3.05, 3.63) is 0 Å². The fourth-order valence-electron chi connectivity index (χ4n) is 3.26. The first-order valence-electron chi connectivity index (χ1n) is 5.77. The van der Waals surface area contributed by atoms with Gasteiger partial charge in [0.1, 0.15) is 5.78 Å². The average molecular weight is 180 g/mol. The van der Waals surface area contributed by atoms with E-state index in [2.05, 4.69) is 0 Å². The van der Waals surface area contributed by atoms with Crippen LogP contribution in [0.1, 0.15) is 58.3 Å². The Morgan fingerprint density at radius 2 is 1.69 bits per heavy atom. The molecule has 0 amide bonds. The van der Waals surface area contributed by atoms with Gasteiger partial charge in [0, 0.05) is 5.41 Å². The van der Waals surface area contributed by atoms with E-state index in [9.17, 15) is 4.79 Å². The summed E-state index contributed by atoms with van der Waals surface area (Å²) in [5, 5.41) is 0. The predicted molar refractivity (Wildman–Crippen MR) is 53.5 cm³/mol. The minimum atomic E-state index is 0.153. The molecule has 0 aliphatic heterocycles. The van der Waals surface area contributed by atoms with Gasteiger partial charge in [-0.2, -0.15) is 0 Å². The van der Waals surface area contributed by atoms with Crippen LogP contribution in [0.15, 0.2) is 0 Å². The van der Waals surface area contributed by atoms with Crippen molar-refractivity contribution in [2.24, 2.45) is 11.3 Å². The molecular weight excluding hydrogens is 160 g/mol. The molecule has 0 atom stereocenters. The lowest BCUT2D eigenvalue weighted by Crippen LogP contribution is -2.44. The molecule has 74 valence electrons. The number of Topliss-reactive ketones (excluding diaryl/α,β-unsaturated/α-hetero) is 1. The van der Waals surface area contributed by atoms with Gasteiger partial charge in [0.05, 0.1) is 0 Å². The molecule has 0 saturated heterocycles. The first-order valence-corrected chi connectivity index (χ1v) is 5.77. The third-order valence-electron chi connectivity index (χ3n) is 4.33. The Morgan fingerprint density at radius 1 is 1.08 bits per heavy atom. The van der Waals surface area contributed by atoms with E-state index in [0.29, 0.717) is 5.78 Å². The van der Waals surface area contributed by atoms with Crippen LogP contribution in [-0.2, 0) is 4.79 Å². The Bertz CT molecular complexity index is 197. The largest absolute Gasteiger partial charge is 0.299 e. The number of hydrogen-bond donors (Lipinski definition) is 0. The summed E-state index contributed by atoms with van der Waals surface area (Å²) in [6, 6.07) is 0. The van der Waals surface area contributed by atoms with Gasteiger partial charge < -0.3 is 0 Å². The second-order valence-electron chi connectivity index (χ2n) is 4.90. The van der Waals surface area contributed by atoms with Crippen LogP contribution in [0, 0.1) is 11.3 Å². The summed E-state index contributed by atoms with van der Waals surface area (Å²) in [5.74, 6) is 1.22. The average Bonchev–Trinajstić information content (AvgIpc) is 2.03. The fraction of sp³-hybridized carbons (Fsp3) is 0.917. The Labute approximate surface area is 80.9 Å². The smallest absolute Gasteiger partial charge is 0.136 e. The van der Waals surface area contributed by atoms with Gasteiger partial charge in [-0.15, -0.1) is 0 Å².